The van der Waals surface area contributed by atoms with Crippen LogP contribution in [0.1, 0.15) is 42.5 Å². The number of rotatable bonds is 7. The first-order valence-corrected chi connectivity index (χ1v) is 10.4. The number of aromatic nitrogens is 6. The summed E-state index contributed by atoms with van der Waals surface area (Å²) in [6, 6.07) is 11.0. The van der Waals surface area contributed by atoms with E-state index in [0.29, 0.717) is 28.8 Å². The van der Waals surface area contributed by atoms with Crippen LogP contribution in [-0.2, 0) is 6.54 Å². The molecule has 0 atom stereocenters. The van der Waals surface area contributed by atoms with Gasteiger partial charge in [-0.25, -0.2) is 9.07 Å². The molecule has 32 heavy (non-hydrogen) atoms. The van der Waals surface area contributed by atoms with E-state index in [-0.39, 0.29) is 16.9 Å². The molecule has 1 N–H and O–H groups in total. The Hall–Kier alpha value is -3.95. The molecule has 9 nitrogen and oxygen atoms in total. The molecular weight excluding hydrogens is 413 g/mol. The molecule has 1 amide bonds. The minimum absolute atomic E-state index is 0.0444. The first-order valence-electron chi connectivity index (χ1n) is 10.4. The van der Waals surface area contributed by atoms with Crippen LogP contribution >= 0.6 is 0 Å². The number of nitrogens with zero attached hydrogens (tertiary/aromatic N) is 6. The summed E-state index contributed by atoms with van der Waals surface area (Å²) in [7, 11) is 0. The second kappa shape index (κ2) is 9.04. The Morgan fingerprint density at radius 3 is 2.62 bits per heavy atom. The normalized spacial score (nSPS) is 11.1. The summed E-state index contributed by atoms with van der Waals surface area (Å²) in [4.78, 5) is 25.9. The summed E-state index contributed by atoms with van der Waals surface area (Å²) in [6.45, 7) is 4.18. The van der Waals surface area contributed by atoms with E-state index in [1.807, 2.05) is 0 Å². The molecular formula is C22H22FN7O2. The van der Waals surface area contributed by atoms with Crippen LogP contribution in [0.3, 0.4) is 0 Å². The van der Waals surface area contributed by atoms with Gasteiger partial charge in [0, 0.05) is 11.9 Å². The van der Waals surface area contributed by atoms with Crippen molar-refractivity contribution in [1.29, 1.82) is 0 Å². The molecule has 2 aromatic heterocycles. The summed E-state index contributed by atoms with van der Waals surface area (Å²) < 4.78 is 17.2. The van der Waals surface area contributed by atoms with Crippen molar-refractivity contribution in [3.05, 3.63) is 70.2 Å². The number of anilines is 1. The molecule has 4 rings (SSSR count). The number of unbranched alkanes of at least 4 members (excludes halogenated alkanes) is 2. The van der Waals surface area contributed by atoms with Gasteiger partial charge in [-0.05, 0) is 48.0 Å². The molecule has 0 aliphatic carbocycles. The maximum absolute atomic E-state index is 14.5. The largest absolute Gasteiger partial charge is 0.318 e. The van der Waals surface area contributed by atoms with Gasteiger partial charge >= 0.3 is 0 Å². The monoisotopic (exact) mass is 435 g/mol. The van der Waals surface area contributed by atoms with Crippen LogP contribution in [0.15, 0.2) is 47.3 Å². The van der Waals surface area contributed by atoms with Gasteiger partial charge in [0.25, 0.3) is 11.5 Å². The van der Waals surface area contributed by atoms with Crippen molar-refractivity contribution in [3.8, 4) is 5.69 Å². The molecule has 0 saturated carbocycles. The Morgan fingerprint density at radius 1 is 1.12 bits per heavy atom. The van der Waals surface area contributed by atoms with E-state index < -0.39 is 11.7 Å². The second-order valence-electron chi connectivity index (χ2n) is 7.39. The molecule has 2 aromatic carbocycles. The fourth-order valence-corrected chi connectivity index (χ4v) is 3.46. The van der Waals surface area contributed by atoms with Gasteiger partial charge in [0.05, 0.1) is 16.8 Å². The highest BCUT2D eigenvalue weighted by atomic mass is 19.1. The highest BCUT2D eigenvalue weighted by Gasteiger charge is 2.19. The van der Waals surface area contributed by atoms with Crippen LogP contribution < -0.4 is 10.9 Å². The smallest absolute Gasteiger partial charge is 0.276 e. The molecule has 4 aromatic rings. The predicted octanol–water partition coefficient (Wildman–Crippen LogP) is 3.26. The third-order valence-electron chi connectivity index (χ3n) is 5.12. The zero-order valence-corrected chi connectivity index (χ0v) is 17.7. The van der Waals surface area contributed by atoms with E-state index in [4.69, 9.17) is 0 Å². The van der Waals surface area contributed by atoms with E-state index in [0.717, 1.165) is 19.3 Å². The summed E-state index contributed by atoms with van der Waals surface area (Å²) in [5, 5.41) is 19.0. The Bertz CT molecular complexity index is 1350. The highest BCUT2D eigenvalue weighted by Crippen LogP contribution is 2.21. The molecule has 0 bridgehead atoms. The first kappa shape index (κ1) is 21.3. The number of carbonyl (C=O) groups is 1. The van der Waals surface area contributed by atoms with Gasteiger partial charge in [0.1, 0.15) is 5.82 Å². The number of hydrogen-bond acceptors (Lipinski definition) is 6. The number of carbonyl (C=O) groups excluding carboxylic acids is 1. The molecule has 2 heterocycles. The van der Waals surface area contributed by atoms with Crippen LogP contribution in [0.4, 0.5) is 10.1 Å². The molecule has 0 fully saturated rings. The SMILES string of the molecule is CCCCCn1nc(C(=O)Nc2cc(-n3nnnc3C)ccc2F)c2ccccc2c1=O. The Balaban J connectivity index is 1.72. The van der Waals surface area contributed by atoms with Crippen molar-refractivity contribution in [2.45, 2.75) is 39.7 Å². The topological polar surface area (TPSA) is 108 Å². The third kappa shape index (κ3) is 4.11. The van der Waals surface area contributed by atoms with E-state index in [9.17, 15) is 14.0 Å². The highest BCUT2D eigenvalue weighted by molar-refractivity contribution is 6.11. The van der Waals surface area contributed by atoms with Crippen LogP contribution in [0.5, 0.6) is 0 Å². The number of benzene rings is 2. The quantitative estimate of drug-likeness (QED) is 0.447. The minimum atomic E-state index is -0.617. The number of hydrogen-bond donors (Lipinski definition) is 1. The van der Waals surface area contributed by atoms with Crippen molar-refractivity contribution < 1.29 is 9.18 Å². The zero-order valence-electron chi connectivity index (χ0n) is 17.7. The second-order valence-corrected chi connectivity index (χ2v) is 7.39. The Labute approximate surface area is 182 Å². The van der Waals surface area contributed by atoms with E-state index >= 15 is 0 Å². The molecule has 0 unspecified atom stereocenters. The van der Waals surface area contributed by atoms with Gasteiger partial charge in [0.15, 0.2) is 11.5 Å². The van der Waals surface area contributed by atoms with E-state index in [1.54, 1.807) is 31.2 Å². The fraction of sp³-hybridized carbons (Fsp3) is 0.273. The van der Waals surface area contributed by atoms with Gasteiger partial charge in [-0.3, -0.25) is 9.59 Å². The minimum Gasteiger partial charge on any atom is -0.318 e. The lowest BCUT2D eigenvalue weighted by Gasteiger charge is -2.12. The number of halogens is 1. The maximum Gasteiger partial charge on any atom is 0.276 e. The Kier molecular flexibility index (Phi) is 6.02. The van der Waals surface area contributed by atoms with Crippen molar-refractivity contribution in [2.24, 2.45) is 0 Å². The van der Waals surface area contributed by atoms with Crippen molar-refractivity contribution in [1.82, 2.24) is 30.0 Å². The lowest BCUT2D eigenvalue weighted by atomic mass is 10.1. The van der Waals surface area contributed by atoms with Crippen LogP contribution in [0.2, 0.25) is 0 Å². The first-order chi connectivity index (χ1) is 15.5. The van der Waals surface area contributed by atoms with Crippen molar-refractivity contribution in [2.75, 3.05) is 5.32 Å². The van der Waals surface area contributed by atoms with E-state index in [2.05, 4.69) is 32.9 Å². The third-order valence-corrected chi connectivity index (χ3v) is 5.12. The zero-order chi connectivity index (χ0) is 22.7. The van der Waals surface area contributed by atoms with E-state index in [1.165, 1.54) is 27.6 Å². The number of fused-ring (bicyclic) bond motifs is 1. The van der Waals surface area contributed by atoms with Gasteiger partial charge < -0.3 is 5.32 Å². The summed E-state index contributed by atoms with van der Waals surface area (Å²) >= 11 is 0. The van der Waals surface area contributed by atoms with Gasteiger partial charge in [-0.15, -0.1) is 5.10 Å². The number of aryl methyl sites for hydroxylation is 2. The molecule has 0 aliphatic rings. The van der Waals surface area contributed by atoms with Gasteiger partial charge in [-0.2, -0.15) is 9.78 Å². The molecule has 0 aliphatic heterocycles. The molecule has 10 heteroatoms. The number of nitrogens with one attached hydrogen (secondary N) is 1. The lowest BCUT2D eigenvalue weighted by molar-refractivity contribution is 0.102. The van der Waals surface area contributed by atoms with Gasteiger partial charge in [0.2, 0.25) is 0 Å². The average molecular weight is 435 g/mol. The lowest BCUT2D eigenvalue weighted by Crippen LogP contribution is -2.28. The van der Waals surface area contributed by atoms with Crippen molar-refractivity contribution in [3.63, 3.8) is 0 Å². The molecule has 0 saturated heterocycles. The van der Waals surface area contributed by atoms with Crippen molar-refractivity contribution >= 4 is 22.4 Å². The Morgan fingerprint density at radius 2 is 1.91 bits per heavy atom. The fourth-order valence-electron chi connectivity index (χ4n) is 3.46. The van der Waals surface area contributed by atoms with Gasteiger partial charge in [-0.1, -0.05) is 38.0 Å². The molecule has 0 spiro atoms. The number of tetrazole rings is 1. The summed E-state index contributed by atoms with van der Waals surface area (Å²) in [5.41, 5.74) is 0.249. The van der Waals surface area contributed by atoms with Crippen LogP contribution in [0.25, 0.3) is 16.5 Å². The molecule has 164 valence electrons. The number of amides is 1. The molecule has 0 radical (unpaired) electrons. The summed E-state index contributed by atoms with van der Waals surface area (Å²) in [5.74, 6) is -0.718. The summed E-state index contributed by atoms with van der Waals surface area (Å²) in [6.07, 6.45) is 2.70. The maximum atomic E-state index is 14.5. The average Bonchev–Trinajstić information content (AvgIpc) is 3.23. The standard InChI is InChI=1S/C22H22FN7O2/c1-3-4-7-12-29-22(32)17-9-6-5-8-16(17)20(26-29)21(31)24-19-13-15(10-11-18(19)23)30-14(2)25-27-28-30/h5-6,8-11,13H,3-4,7,12H2,1-2H3,(H,24,31). The van der Waals surface area contributed by atoms with Crippen LogP contribution in [-0.4, -0.2) is 35.9 Å². The van der Waals surface area contributed by atoms with Crippen LogP contribution in [0, 0.1) is 12.7 Å². The predicted molar refractivity (Wildman–Crippen MR) is 117 cm³/mol.